The summed E-state index contributed by atoms with van der Waals surface area (Å²) in [4.78, 5) is 26.5. The van der Waals surface area contributed by atoms with Crippen molar-refractivity contribution in [1.82, 2.24) is 10.3 Å². The number of nitrogens with zero attached hydrogens (tertiary/aromatic N) is 1. The van der Waals surface area contributed by atoms with Crippen LogP contribution in [0.4, 0.5) is 0 Å². The lowest BCUT2D eigenvalue weighted by atomic mass is 10.0. The van der Waals surface area contributed by atoms with Gasteiger partial charge < -0.3 is 10.4 Å². The van der Waals surface area contributed by atoms with E-state index in [1.807, 2.05) is 0 Å². The predicted octanol–water partition coefficient (Wildman–Crippen LogP) is 1.94. The Morgan fingerprint density at radius 3 is 2.89 bits per heavy atom. The molecule has 0 spiro atoms. The standard InChI is InChI=1S/C13H18N2O3S/c1-3-13(2)6-8(13)11(16)14-5-4-10-15-9(7-19-10)12(17)18/h7-8H,3-6H2,1-2H3,(H,14,16)(H,17,18)/t8-,13-/m1/s1. The van der Waals surface area contributed by atoms with Crippen LogP contribution in [0.2, 0.25) is 0 Å². The second kappa shape index (κ2) is 5.28. The molecule has 19 heavy (non-hydrogen) atoms. The van der Waals surface area contributed by atoms with Crippen molar-refractivity contribution < 1.29 is 14.7 Å². The molecule has 0 aromatic carbocycles. The summed E-state index contributed by atoms with van der Waals surface area (Å²) in [6, 6.07) is 0. The number of aromatic nitrogens is 1. The van der Waals surface area contributed by atoms with Crippen molar-refractivity contribution in [3.63, 3.8) is 0 Å². The van der Waals surface area contributed by atoms with E-state index in [0.717, 1.165) is 17.8 Å². The topological polar surface area (TPSA) is 79.3 Å². The summed E-state index contributed by atoms with van der Waals surface area (Å²) < 4.78 is 0. The molecule has 2 atom stereocenters. The van der Waals surface area contributed by atoms with Crippen LogP contribution < -0.4 is 5.32 Å². The zero-order chi connectivity index (χ0) is 14.0. The molecule has 1 saturated carbocycles. The van der Waals surface area contributed by atoms with Gasteiger partial charge in [-0.2, -0.15) is 0 Å². The molecule has 0 saturated heterocycles. The average molecular weight is 282 g/mol. The van der Waals surface area contributed by atoms with Crippen LogP contribution in [0.5, 0.6) is 0 Å². The van der Waals surface area contributed by atoms with Crippen LogP contribution in [0, 0.1) is 11.3 Å². The van der Waals surface area contributed by atoms with Gasteiger partial charge in [-0.1, -0.05) is 13.8 Å². The van der Waals surface area contributed by atoms with Crippen LogP contribution in [0.3, 0.4) is 0 Å². The Morgan fingerprint density at radius 1 is 1.63 bits per heavy atom. The third-order valence-corrected chi connectivity index (χ3v) is 4.79. The van der Waals surface area contributed by atoms with Gasteiger partial charge in [-0.15, -0.1) is 11.3 Å². The van der Waals surface area contributed by atoms with Crippen molar-refractivity contribution in [2.24, 2.45) is 11.3 Å². The molecule has 1 aliphatic rings. The minimum Gasteiger partial charge on any atom is -0.476 e. The fourth-order valence-corrected chi connectivity index (χ4v) is 2.92. The van der Waals surface area contributed by atoms with Gasteiger partial charge in [-0.05, 0) is 18.3 Å². The Kier molecular flexibility index (Phi) is 3.89. The number of carboxylic acids is 1. The van der Waals surface area contributed by atoms with E-state index in [1.54, 1.807) is 0 Å². The predicted molar refractivity (Wildman–Crippen MR) is 72.3 cm³/mol. The zero-order valence-electron chi connectivity index (χ0n) is 11.1. The smallest absolute Gasteiger partial charge is 0.355 e. The second-order valence-electron chi connectivity index (χ2n) is 5.24. The Hall–Kier alpha value is -1.43. The summed E-state index contributed by atoms with van der Waals surface area (Å²) in [7, 11) is 0. The Balaban J connectivity index is 1.75. The lowest BCUT2D eigenvalue weighted by molar-refractivity contribution is -0.123. The monoisotopic (exact) mass is 282 g/mol. The van der Waals surface area contributed by atoms with Gasteiger partial charge in [-0.3, -0.25) is 4.79 Å². The molecule has 1 aliphatic carbocycles. The first kappa shape index (κ1) is 14.0. The average Bonchev–Trinajstić information content (AvgIpc) is 2.85. The highest BCUT2D eigenvalue weighted by molar-refractivity contribution is 7.09. The van der Waals surface area contributed by atoms with E-state index in [2.05, 4.69) is 24.1 Å². The van der Waals surface area contributed by atoms with Crippen molar-refractivity contribution >= 4 is 23.2 Å². The van der Waals surface area contributed by atoms with Crippen LogP contribution in [0.1, 0.15) is 42.2 Å². The SMILES string of the molecule is CC[C@]1(C)C[C@@H]1C(=O)NCCc1nc(C(=O)O)cs1. The molecule has 0 unspecified atom stereocenters. The molecule has 0 radical (unpaired) electrons. The fraction of sp³-hybridized carbons (Fsp3) is 0.615. The summed E-state index contributed by atoms with van der Waals surface area (Å²) in [6.07, 6.45) is 2.58. The fourth-order valence-electron chi connectivity index (χ4n) is 2.15. The van der Waals surface area contributed by atoms with E-state index >= 15 is 0 Å². The van der Waals surface area contributed by atoms with Crippen LogP contribution in [-0.2, 0) is 11.2 Å². The number of aromatic carboxylic acids is 1. The van der Waals surface area contributed by atoms with Gasteiger partial charge in [0.05, 0.1) is 5.01 Å². The molecule has 1 fully saturated rings. The number of hydrogen-bond donors (Lipinski definition) is 2. The summed E-state index contributed by atoms with van der Waals surface area (Å²) in [6.45, 7) is 4.76. The Morgan fingerprint density at radius 2 is 2.37 bits per heavy atom. The minimum absolute atomic E-state index is 0.0760. The quantitative estimate of drug-likeness (QED) is 0.835. The maximum Gasteiger partial charge on any atom is 0.355 e. The molecular weight excluding hydrogens is 264 g/mol. The molecule has 6 heteroatoms. The van der Waals surface area contributed by atoms with Gasteiger partial charge >= 0.3 is 5.97 Å². The lowest BCUT2D eigenvalue weighted by Crippen LogP contribution is -2.28. The van der Waals surface area contributed by atoms with E-state index in [9.17, 15) is 9.59 Å². The number of carboxylic acid groups (broad SMARTS) is 1. The molecule has 1 amide bonds. The van der Waals surface area contributed by atoms with E-state index in [-0.39, 0.29) is 22.9 Å². The van der Waals surface area contributed by atoms with Gasteiger partial charge in [-0.25, -0.2) is 9.78 Å². The number of hydrogen-bond acceptors (Lipinski definition) is 4. The molecule has 5 nitrogen and oxygen atoms in total. The molecule has 2 N–H and O–H groups in total. The number of carbonyl (C=O) groups is 2. The van der Waals surface area contributed by atoms with E-state index < -0.39 is 5.97 Å². The highest BCUT2D eigenvalue weighted by atomic mass is 32.1. The molecule has 0 aliphatic heterocycles. The van der Waals surface area contributed by atoms with E-state index in [1.165, 1.54) is 16.7 Å². The molecule has 104 valence electrons. The summed E-state index contributed by atoms with van der Waals surface area (Å²) in [5, 5.41) is 13.9. The van der Waals surface area contributed by atoms with Crippen LogP contribution in [0.25, 0.3) is 0 Å². The molecule has 1 aromatic heterocycles. The highest BCUT2D eigenvalue weighted by Gasteiger charge is 2.52. The number of nitrogens with one attached hydrogen (secondary N) is 1. The second-order valence-corrected chi connectivity index (χ2v) is 6.18. The third-order valence-electron chi connectivity index (χ3n) is 3.88. The first-order valence-electron chi connectivity index (χ1n) is 6.41. The number of rotatable bonds is 6. The highest BCUT2D eigenvalue weighted by Crippen LogP contribution is 2.54. The molecule has 0 bridgehead atoms. The maximum atomic E-state index is 11.9. The maximum absolute atomic E-state index is 11.9. The van der Waals surface area contributed by atoms with Crippen LogP contribution in [0.15, 0.2) is 5.38 Å². The minimum atomic E-state index is -1.01. The molecule has 2 rings (SSSR count). The summed E-state index contributed by atoms with van der Waals surface area (Å²) in [5.74, 6) is -0.758. The molecule has 1 heterocycles. The van der Waals surface area contributed by atoms with Crippen molar-refractivity contribution in [3.05, 3.63) is 16.1 Å². The Labute approximate surface area is 116 Å². The van der Waals surface area contributed by atoms with Gasteiger partial charge in [0.2, 0.25) is 5.91 Å². The number of thiazole rings is 1. The van der Waals surface area contributed by atoms with E-state index in [0.29, 0.717) is 13.0 Å². The molecular formula is C13H18N2O3S. The van der Waals surface area contributed by atoms with Crippen LogP contribution >= 0.6 is 11.3 Å². The van der Waals surface area contributed by atoms with Gasteiger partial charge in [0.25, 0.3) is 0 Å². The van der Waals surface area contributed by atoms with Gasteiger partial charge in [0.1, 0.15) is 0 Å². The lowest BCUT2D eigenvalue weighted by Gasteiger charge is -2.07. The van der Waals surface area contributed by atoms with Crippen molar-refractivity contribution in [2.45, 2.75) is 33.1 Å². The normalized spacial score (nSPS) is 25.1. The molecule has 1 aromatic rings. The van der Waals surface area contributed by atoms with E-state index in [4.69, 9.17) is 5.11 Å². The first-order valence-corrected chi connectivity index (χ1v) is 7.29. The van der Waals surface area contributed by atoms with Gasteiger partial charge in [0, 0.05) is 24.3 Å². The van der Waals surface area contributed by atoms with Crippen molar-refractivity contribution in [1.29, 1.82) is 0 Å². The first-order chi connectivity index (χ1) is 8.96. The van der Waals surface area contributed by atoms with Gasteiger partial charge in [0.15, 0.2) is 5.69 Å². The summed E-state index contributed by atoms with van der Waals surface area (Å²) >= 11 is 1.31. The van der Waals surface area contributed by atoms with Crippen molar-refractivity contribution in [2.75, 3.05) is 6.54 Å². The third kappa shape index (κ3) is 3.12. The summed E-state index contributed by atoms with van der Waals surface area (Å²) in [5.41, 5.74) is 0.258. The number of carbonyl (C=O) groups excluding carboxylic acids is 1. The zero-order valence-corrected chi connectivity index (χ0v) is 11.9. The largest absolute Gasteiger partial charge is 0.476 e. The Bertz CT molecular complexity index is 500. The number of amides is 1. The van der Waals surface area contributed by atoms with Crippen molar-refractivity contribution in [3.8, 4) is 0 Å². The van der Waals surface area contributed by atoms with Crippen LogP contribution in [-0.4, -0.2) is 28.5 Å².